The number of carbonyl (C=O) groups is 1. The number of amides is 2. The first-order valence-corrected chi connectivity index (χ1v) is 7.06. The third-order valence-corrected chi connectivity index (χ3v) is 3.94. The fourth-order valence-corrected chi connectivity index (χ4v) is 2.58. The molecule has 2 saturated heterocycles. The number of rotatable bonds is 4. The summed E-state index contributed by atoms with van der Waals surface area (Å²) < 4.78 is 5.25. The second kappa shape index (κ2) is 6.95. The molecule has 2 amide bonds. The quantitative estimate of drug-likeness (QED) is 0.781. The molecule has 0 bridgehead atoms. The van der Waals surface area contributed by atoms with Gasteiger partial charge < -0.3 is 20.3 Å². The van der Waals surface area contributed by atoms with Gasteiger partial charge in [0.2, 0.25) is 0 Å². The third kappa shape index (κ3) is 4.14. The zero-order valence-corrected chi connectivity index (χ0v) is 11.3. The average Bonchev–Trinajstić information content (AvgIpc) is 2.90. The van der Waals surface area contributed by atoms with E-state index in [1.165, 1.54) is 12.8 Å². The molecule has 5 nitrogen and oxygen atoms in total. The summed E-state index contributed by atoms with van der Waals surface area (Å²) in [5, 5.41) is 6.38. The molecule has 0 radical (unpaired) electrons. The van der Waals surface area contributed by atoms with Gasteiger partial charge in [-0.3, -0.25) is 0 Å². The predicted octanol–water partition coefficient (Wildman–Crippen LogP) is 0.806. The highest BCUT2D eigenvalue weighted by molar-refractivity contribution is 5.74. The van der Waals surface area contributed by atoms with Crippen molar-refractivity contribution in [2.24, 2.45) is 5.92 Å². The molecule has 18 heavy (non-hydrogen) atoms. The van der Waals surface area contributed by atoms with Crippen LogP contribution in [0.25, 0.3) is 0 Å². The Labute approximate surface area is 109 Å². The first-order valence-electron chi connectivity index (χ1n) is 7.06. The van der Waals surface area contributed by atoms with Crippen molar-refractivity contribution in [3.05, 3.63) is 0 Å². The number of nitrogens with zero attached hydrogens (tertiary/aromatic N) is 1. The summed E-state index contributed by atoms with van der Waals surface area (Å²) in [6.45, 7) is 4.53. The number of hydrogen-bond acceptors (Lipinski definition) is 3. The fourth-order valence-electron chi connectivity index (χ4n) is 2.58. The molecule has 0 aromatic carbocycles. The SMILES string of the molecule is CN(CCC1CCNCC1)C(=O)NC1CCOC1. The number of hydrogen-bond donors (Lipinski definition) is 2. The molecule has 2 rings (SSSR count). The maximum Gasteiger partial charge on any atom is 0.317 e. The predicted molar refractivity (Wildman–Crippen MR) is 70.6 cm³/mol. The van der Waals surface area contributed by atoms with Crippen molar-refractivity contribution in [1.82, 2.24) is 15.5 Å². The van der Waals surface area contributed by atoms with Crippen LogP contribution in [0.5, 0.6) is 0 Å². The van der Waals surface area contributed by atoms with Crippen molar-refractivity contribution < 1.29 is 9.53 Å². The molecule has 2 fully saturated rings. The average molecular weight is 255 g/mol. The highest BCUT2D eigenvalue weighted by Crippen LogP contribution is 2.16. The van der Waals surface area contributed by atoms with Crippen molar-refractivity contribution in [3.63, 3.8) is 0 Å². The van der Waals surface area contributed by atoms with Crippen LogP contribution in [0.4, 0.5) is 4.79 Å². The van der Waals surface area contributed by atoms with Gasteiger partial charge in [-0.15, -0.1) is 0 Å². The Morgan fingerprint density at radius 1 is 1.39 bits per heavy atom. The molecule has 1 atom stereocenters. The molecule has 2 aliphatic heterocycles. The maximum absolute atomic E-state index is 11.9. The van der Waals surface area contributed by atoms with E-state index in [1.54, 1.807) is 4.90 Å². The first kappa shape index (κ1) is 13.6. The second-order valence-electron chi connectivity index (χ2n) is 5.41. The minimum absolute atomic E-state index is 0.0411. The highest BCUT2D eigenvalue weighted by atomic mass is 16.5. The van der Waals surface area contributed by atoms with Gasteiger partial charge in [-0.2, -0.15) is 0 Å². The summed E-state index contributed by atoms with van der Waals surface area (Å²) >= 11 is 0. The topological polar surface area (TPSA) is 53.6 Å². The minimum Gasteiger partial charge on any atom is -0.379 e. The van der Waals surface area contributed by atoms with Crippen LogP contribution < -0.4 is 10.6 Å². The number of carbonyl (C=O) groups excluding carboxylic acids is 1. The molecule has 0 aromatic heterocycles. The largest absolute Gasteiger partial charge is 0.379 e. The molecule has 2 N–H and O–H groups in total. The van der Waals surface area contributed by atoms with Crippen LogP contribution in [0.1, 0.15) is 25.7 Å². The summed E-state index contributed by atoms with van der Waals surface area (Å²) in [7, 11) is 1.88. The Kier molecular flexibility index (Phi) is 5.26. The fraction of sp³-hybridized carbons (Fsp3) is 0.923. The molecule has 0 saturated carbocycles. The molecule has 2 heterocycles. The van der Waals surface area contributed by atoms with Gasteiger partial charge in [0.05, 0.1) is 12.6 Å². The Morgan fingerprint density at radius 3 is 2.83 bits per heavy atom. The van der Waals surface area contributed by atoms with Crippen LogP contribution in [0.3, 0.4) is 0 Å². The van der Waals surface area contributed by atoms with Gasteiger partial charge in [0.1, 0.15) is 0 Å². The number of urea groups is 1. The lowest BCUT2D eigenvalue weighted by molar-refractivity contribution is 0.180. The summed E-state index contributed by atoms with van der Waals surface area (Å²) in [6, 6.07) is 0.248. The Bertz CT molecular complexity index is 261. The van der Waals surface area contributed by atoms with Gasteiger partial charge >= 0.3 is 6.03 Å². The van der Waals surface area contributed by atoms with E-state index < -0.39 is 0 Å². The van der Waals surface area contributed by atoms with Crippen LogP contribution in [0.15, 0.2) is 0 Å². The van der Waals surface area contributed by atoms with E-state index >= 15 is 0 Å². The van der Waals surface area contributed by atoms with Crippen LogP contribution in [-0.2, 0) is 4.74 Å². The van der Waals surface area contributed by atoms with Crippen molar-refractivity contribution in [3.8, 4) is 0 Å². The number of ether oxygens (including phenoxy) is 1. The molecular weight excluding hydrogens is 230 g/mol. The highest BCUT2D eigenvalue weighted by Gasteiger charge is 2.20. The lowest BCUT2D eigenvalue weighted by Gasteiger charge is -2.26. The van der Waals surface area contributed by atoms with Gasteiger partial charge in [0.25, 0.3) is 0 Å². The lowest BCUT2D eigenvalue weighted by Crippen LogP contribution is -2.44. The smallest absolute Gasteiger partial charge is 0.317 e. The summed E-state index contributed by atoms with van der Waals surface area (Å²) in [5.41, 5.74) is 0. The maximum atomic E-state index is 11.9. The Balaban J connectivity index is 1.63. The van der Waals surface area contributed by atoms with Crippen molar-refractivity contribution in [2.75, 3.05) is 39.9 Å². The zero-order valence-electron chi connectivity index (χ0n) is 11.3. The van der Waals surface area contributed by atoms with Crippen LogP contribution in [-0.4, -0.2) is 56.9 Å². The van der Waals surface area contributed by atoms with E-state index in [-0.39, 0.29) is 12.1 Å². The summed E-state index contributed by atoms with van der Waals surface area (Å²) in [5.74, 6) is 0.774. The monoisotopic (exact) mass is 255 g/mol. The van der Waals surface area contributed by atoms with Crippen molar-refractivity contribution in [2.45, 2.75) is 31.7 Å². The minimum atomic E-state index is 0.0411. The number of piperidine rings is 1. The van der Waals surface area contributed by atoms with Crippen LogP contribution in [0, 0.1) is 5.92 Å². The van der Waals surface area contributed by atoms with Gasteiger partial charge in [0, 0.05) is 20.2 Å². The third-order valence-electron chi connectivity index (χ3n) is 3.94. The Hall–Kier alpha value is -0.810. The second-order valence-corrected chi connectivity index (χ2v) is 5.41. The zero-order chi connectivity index (χ0) is 12.8. The standard InChI is InChI=1S/C13H25N3O2/c1-16(8-4-11-2-6-14-7-3-11)13(17)15-12-5-9-18-10-12/h11-12,14H,2-10H2,1H3,(H,15,17). The molecule has 1 unspecified atom stereocenters. The van der Waals surface area contributed by atoms with Crippen LogP contribution >= 0.6 is 0 Å². The van der Waals surface area contributed by atoms with Crippen molar-refractivity contribution in [1.29, 1.82) is 0 Å². The van der Waals surface area contributed by atoms with E-state index in [2.05, 4.69) is 10.6 Å². The molecule has 0 aliphatic carbocycles. The summed E-state index contributed by atoms with van der Waals surface area (Å²) in [4.78, 5) is 13.7. The summed E-state index contributed by atoms with van der Waals surface area (Å²) in [6.07, 6.45) is 4.54. The molecule has 2 aliphatic rings. The molecular formula is C13H25N3O2. The molecule has 0 spiro atoms. The van der Waals surface area contributed by atoms with E-state index in [0.717, 1.165) is 45.0 Å². The van der Waals surface area contributed by atoms with E-state index in [4.69, 9.17) is 4.74 Å². The van der Waals surface area contributed by atoms with Gasteiger partial charge in [-0.05, 0) is 44.7 Å². The lowest BCUT2D eigenvalue weighted by atomic mass is 9.94. The molecule has 104 valence electrons. The number of nitrogens with one attached hydrogen (secondary N) is 2. The van der Waals surface area contributed by atoms with Crippen LogP contribution in [0.2, 0.25) is 0 Å². The molecule has 5 heteroatoms. The van der Waals surface area contributed by atoms with E-state index in [9.17, 15) is 4.79 Å². The van der Waals surface area contributed by atoms with E-state index in [0.29, 0.717) is 6.61 Å². The van der Waals surface area contributed by atoms with Crippen molar-refractivity contribution >= 4 is 6.03 Å². The van der Waals surface area contributed by atoms with E-state index in [1.807, 2.05) is 7.05 Å². The van der Waals surface area contributed by atoms with Gasteiger partial charge in [-0.25, -0.2) is 4.79 Å². The first-order chi connectivity index (χ1) is 8.75. The van der Waals surface area contributed by atoms with Gasteiger partial charge in [-0.1, -0.05) is 0 Å². The molecule has 0 aromatic rings. The Morgan fingerprint density at radius 2 is 2.17 bits per heavy atom. The van der Waals surface area contributed by atoms with Gasteiger partial charge in [0.15, 0.2) is 0 Å². The normalized spacial score (nSPS) is 25.1.